The van der Waals surface area contributed by atoms with Gasteiger partial charge in [0.25, 0.3) is 11.8 Å². The van der Waals surface area contributed by atoms with Gasteiger partial charge in [0.15, 0.2) is 0 Å². The molecule has 1 aromatic carbocycles. The first kappa shape index (κ1) is 18.9. The number of nitrogens with zero attached hydrogens (tertiary/aromatic N) is 2. The lowest BCUT2D eigenvalue weighted by Gasteiger charge is -2.21. The predicted octanol–water partition coefficient (Wildman–Crippen LogP) is 4.25. The summed E-state index contributed by atoms with van der Waals surface area (Å²) in [6.45, 7) is 5.40. The van der Waals surface area contributed by atoms with Crippen molar-refractivity contribution in [3.05, 3.63) is 58.9 Å². The van der Waals surface area contributed by atoms with Crippen molar-refractivity contribution < 1.29 is 9.59 Å². The van der Waals surface area contributed by atoms with E-state index in [1.54, 1.807) is 35.2 Å². The summed E-state index contributed by atoms with van der Waals surface area (Å²) in [5, 5.41) is 3.31. The number of carbonyl (C=O) groups is 2. The van der Waals surface area contributed by atoms with E-state index in [1.165, 1.54) is 12.3 Å². The van der Waals surface area contributed by atoms with E-state index in [-0.39, 0.29) is 17.5 Å². The van der Waals surface area contributed by atoms with Gasteiger partial charge in [-0.3, -0.25) is 14.6 Å². The fourth-order valence-corrected chi connectivity index (χ4v) is 2.67. The third kappa shape index (κ3) is 5.29. The van der Waals surface area contributed by atoms with E-state index >= 15 is 0 Å². The lowest BCUT2D eigenvalue weighted by atomic mass is 10.2. The number of rotatable bonds is 7. The maximum Gasteiger partial charge on any atom is 0.272 e. The Kier molecular flexibility index (Phi) is 6.95. The van der Waals surface area contributed by atoms with E-state index in [4.69, 9.17) is 11.6 Å². The third-order valence-electron chi connectivity index (χ3n) is 3.60. The molecule has 0 aliphatic rings. The highest BCUT2D eigenvalue weighted by molar-refractivity contribution is 6.31. The molecule has 25 heavy (non-hydrogen) atoms. The summed E-state index contributed by atoms with van der Waals surface area (Å²) in [7, 11) is 0. The molecule has 0 fully saturated rings. The van der Waals surface area contributed by atoms with Crippen LogP contribution in [0.4, 0.5) is 5.69 Å². The van der Waals surface area contributed by atoms with E-state index in [0.29, 0.717) is 29.4 Å². The molecule has 0 aliphatic carbocycles. The van der Waals surface area contributed by atoms with Gasteiger partial charge in [-0.15, -0.1) is 0 Å². The van der Waals surface area contributed by atoms with Crippen LogP contribution in [0.1, 0.15) is 47.5 Å². The summed E-state index contributed by atoms with van der Waals surface area (Å²) in [4.78, 5) is 30.9. The molecule has 1 N–H and O–H groups in total. The van der Waals surface area contributed by atoms with E-state index in [0.717, 1.165) is 12.8 Å². The van der Waals surface area contributed by atoms with Crippen LogP contribution in [0, 0.1) is 0 Å². The highest BCUT2D eigenvalue weighted by Gasteiger charge is 2.17. The van der Waals surface area contributed by atoms with Gasteiger partial charge in [0.2, 0.25) is 0 Å². The number of carbonyl (C=O) groups excluding carboxylic acids is 2. The number of halogens is 1. The van der Waals surface area contributed by atoms with Crippen molar-refractivity contribution in [1.82, 2.24) is 9.88 Å². The Balaban J connectivity index is 2.16. The molecular weight excluding hydrogens is 338 g/mol. The standard InChI is InChI=1S/C19H22ClN3O2/c1-3-10-23(11-4-2)19(25)17-12-14(8-9-21-17)18(24)22-16-7-5-6-15(20)13-16/h5-9,12-13H,3-4,10-11H2,1-2H3,(H,22,24). The molecule has 1 aromatic heterocycles. The maximum absolute atomic E-state index is 12.6. The van der Waals surface area contributed by atoms with Gasteiger partial charge < -0.3 is 10.2 Å². The van der Waals surface area contributed by atoms with Crippen LogP contribution >= 0.6 is 11.6 Å². The number of anilines is 1. The topological polar surface area (TPSA) is 62.3 Å². The summed E-state index contributed by atoms with van der Waals surface area (Å²) in [5.41, 5.74) is 1.26. The van der Waals surface area contributed by atoms with E-state index in [2.05, 4.69) is 10.3 Å². The SMILES string of the molecule is CCCN(CCC)C(=O)c1cc(C(=O)Nc2cccc(Cl)c2)ccn1. The molecule has 0 spiro atoms. The summed E-state index contributed by atoms with van der Waals surface area (Å²) < 4.78 is 0. The Labute approximate surface area is 153 Å². The van der Waals surface area contributed by atoms with Crippen molar-refractivity contribution in [3.63, 3.8) is 0 Å². The first-order chi connectivity index (χ1) is 12.0. The van der Waals surface area contributed by atoms with Crippen LogP contribution in [0.3, 0.4) is 0 Å². The Morgan fingerprint density at radius 3 is 2.48 bits per heavy atom. The summed E-state index contributed by atoms with van der Waals surface area (Å²) >= 11 is 5.92. The van der Waals surface area contributed by atoms with Gasteiger partial charge in [0, 0.05) is 35.6 Å². The van der Waals surface area contributed by atoms with Crippen molar-refractivity contribution in [2.75, 3.05) is 18.4 Å². The number of nitrogens with one attached hydrogen (secondary N) is 1. The maximum atomic E-state index is 12.6. The summed E-state index contributed by atoms with van der Waals surface area (Å²) in [6, 6.07) is 10.0. The van der Waals surface area contributed by atoms with Crippen LogP contribution in [0.15, 0.2) is 42.6 Å². The fraction of sp³-hybridized carbons (Fsp3) is 0.316. The van der Waals surface area contributed by atoms with Gasteiger partial charge in [-0.2, -0.15) is 0 Å². The van der Waals surface area contributed by atoms with Gasteiger partial charge in [-0.1, -0.05) is 31.5 Å². The Hall–Kier alpha value is -2.40. The van der Waals surface area contributed by atoms with Crippen molar-refractivity contribution in [3.8, 4) is 0 Å². The molecule has 2 amide bonds. The number of hydrogen-bond donors (Lipinski definition) is 1. The molecule has 0 unspecified atom stereocenters. The quantitative estimate of drug-likeness (QED) is 0.803. The molecule has 0 saturated heterocycles. The lowest BCUT2D eigenvalue weighted by Crippen LogP contribution is -2.33. The summed E-state index contributed by atoms with van der Waals surface area (Å²) in [6.07, 6.45) is 3.23. The van der Waals surface area contributed by atoms with Crippen LogP contribution in [0.25, 0.3) is 0 Å². The molecule has 5 nitrogen and oxygen atoms in total. The molecule has 0 bridgehead atoms. The minimum Gasteiger partial charge on any atom is -0.337 e. The molecule has 0 saturated carbocycles. The van der Waals surface area contributed by atoms with Crippen LogP contribution in [-0.4, -0.2) is 34.8 Å². The molecule has 2 aromatic rings. The molecule has 0 radical (unpaired) electrons. The van der Waals surface area contributed by atoms with Crippen molar-refractivity contribution in [1.29, 1.82) is 0 Å². The zero-order chi connectivity index (χ0) is 18.2. The first-order valence-corrected chi connectivity index (χ1v) is 8.75. The lowest BCUT2D eigenvalue weighted by molar-refractivity contribution is 0.0749. The molecular formula is C19H22ClN3O2. The largest absolute Gasteiger partial charge is 0.337 e. The van der Waals surface area contributed by atoms with Crippen LogP contribution in [0.5, 0.6) is 0 Å². The minimum absolute atomic E-state index is 0.152. The van der Waals surface area contributed by atoms with Gasteiger partial charge >= 0.3 is 0 Å². The molecule has 2 rings (SSSR count). The summed E-state index contributed by atoms with van der Waals surface area (Å²) in [5.74, 6) is -0.461. The zero-order valence-electron chi connectivity index (χ0n) is 14.5. The smallest absolute Gasteiger partial charge is 0.272 e. The minimum atomic E-state index is -0.309. The van der Waals surface area contributed by atoms with Crippen LogP contribution < -0.4 is 5.32 Å². The van der Waals surface area contributed by atoms with Crippen molar-refractivity contribution >= 4 is 29.1 Å². The van der Waals surface area contributed by atoms with E-state index in [1.807, 2.05) is 13.8 Å². The number of aromatic nitrogens is 1. The Morgan fingerprint density at radius 1 is 1.12 bits per heavy atom. The number of amides is 2. The number of pyridine rings is 1. The Morgan fingerprint density at radius 2 is 1.84 bits per heavy atom. The monoisotopic (exact) mass is 359 g/mol. The molecule has 6 heteroatoms. The number of benzene rings is 1. The van der Waals surface area contributed by atoms with Crippen LogP contribution in [-0.2, 0) is 0 Å². The van der Waals surface area contributed by atoms with Crippen molar-refractivity contribution in [2.45, 2.75) is 26.7 Å². The second kappa shape index (κ2) is 9.18. The molecule has 0 atom stereocenters. The first-order valence-electron chi connectivity index (χ1n) is 8.37. The average molecular weight is 360 g/mol. The predicted molar refractivity (Wildman–Crippen MR) is 100 cm³/mol. The van der Waals surface area contributed by atoms with Gasteiger partial charge in [0.05, 0.1) is 0 Å². The van der Waals surface area contributed by atoms with E-state index in [9.17, 15) is 9.59 Å². The van der Waals surface area contributed by atoms with Gasteiger partial charge in [-0.05, 0) is 43.2 Å². The highest BCUT2D eigenvalue weighted by atomic mass is 35.5. The second-order valence-corrected chi connectivity index (χ2v) is 6.12. The van der Waals surface area contributed by atoms with Crippen LogP contribution in [0.2, 0.25) is 5.02 Å². The fourth-order valence-electron chi connectivity index (χ4n) is 2.47. The number of hydrogen-bond acceptors (Lipinski definition) is 3. The third-order valence-corrected chi connectivity index (χ3v) is 3.83. The normalized spacial score (nSPS) is 10.4. The van der Waals surface area contributed by atoms with Crippen molar-refractivity contribution in [2.24, 2.45) is 0 Å². The zero-order valence-corrected chi connectivity index (χ0v) is 15.2. The Bertz CT molecular complexity index is 743. The second-order valence-electron chi connectivity index (χ2n) is 5.69. The highest BCUT2D eigenvalue weighted by Crippen LogP contribution is 2.16. The molecule has 132 valence electrons. The molecule has 1 heterocycles. The van der Waals surface area contributed by atoms with E-state index < -0.39 is 0 Å². The average Bonchev–Trinajstić information content (AvgIpc) is 2.61. The van der Waals surface area contributed by atoms with Gasteiger partial charge in [0.1, 0.15) is 5.69 Å². The van der Waals surface area contributed by atoms with Gasteiger partial charge in [-0.25, -0.2) is 0 Å². The molecule has 0 aliphatic heterocycles.